The number of rotatable bonds is 4. The third-order valence-electron chi connectivity index (χ3n) is 3.18. The number of hydrogen-bond donors (Lipinski definition) is 1. The van der Waals surface area contributed by atoms with E-state index >= 15 is 0 Å². The van der Waals surface area contributed by atoms with Crippen LogP contribution in [0.2, 0.25) is 10.0 Å². The molecule has 1 heterocycles. The van der Waals surface area contributed by atoms with Crippen LogP contribution in [0.1, 0.15) is 18.4 Å². The third-order valence-corrected chi connectivity index (χ3v) is 5.77. The van der Waals surface area contributed by atoms with Crippen LogP contribution >= 0.6 is 23.2 Å². The second-order valence-electron chi connectivity index (χ2n) is 4.61. The lowest BCUT2D eigenvalue weighted by molar-refractivity contribution is -0.140. The summed E-state index contributed by atoms with van der Waals surface area (Å²) in [5.74, 6) is -1.39. The minimum absolute atomic E-state index is 0.237. The Bertz CT molecular complexity index is 632. The molecule has 0 aliphatic carbocycles. The Kier molecular flexibility index (Phi) is 4.59. The van der Waals surface area contributed by atoms with Crippen molar-refractivity contribution in [2.75, 3.05) is 6.54 Å². The maximum absolute atomic E-state index is 12.3. The minimum Gasteiger partial charge on any atom is -0.480 e. The minimum atomic E-state index is -3.69. The van der Waals surface area contributed by atoms with Gasteiger partial charge in [0.15, 0.2) is 0 Å². The summed E-state index contributed by atoms with van der Waals surface area (Å²) in [4.78, 5) is 11.1. The molecule has 8 heteroatoms. The molecule has 0 radical (unpaired) electrons. The van der Waals surface area contributed by atoms with Crippen molar-refractivity contribution in [2.24, 2.45) is 0 Å². The van der Waals surface area contributed by atoms with E-state index in [1.54, 1.807) is 6.07 Å². The summed E-state index contributed by atoms with van der Waals surface area (Å²) < 4.78 is 25.7. The standard InChI is InChI=1S/C12H13Cl2NO4S/c13-9-4-3-8(6-10(9)14)7-20(18,19)15-5-1-2-11(15)12(16)17/h3-4,6,11H,1-2,5,7H2,(H,16,17). The molecule has 0 bridgehead atoms. The zero-order chi connectivity index (χ0) is 14.9. The first-order chi connectivity index (χ1) is 9.31. The van der Waals surface area contributed by atoms with Crippen LogP contribution in [0.5, 0.6) is 0 Å². The predicted molar refractivity (Wildman–Crippen MR) is 76.4 cm³/mol. The van der Waals surface area contributed by atoms with Crippen LogP contribution in [-0.2, 0) is 20.6 Å². The second-order valence-corrected chi connectivity index (χ2v) is 7.35. The van der Waals surface area contributed by atoms with Crippen LogP contribution in [0, 0.1) is 0 Å². The molecule has 1 aromatic rings. The van der Waals surface area contributed by atoms with Gasteiger partial charge in [0, 0.05) is 6.54 Å². The molecular weight excluding hydrogens is 325 g/mol. The Balaban J connectivity index is 2.22. The van der Waals surface area contributed by atoms with E-state index in [4.69, 9.17) is 28.3 Å². The van der Waals surface area contributed by atoms with Gasteiger partial charge in [-0.1, -0.05) is 29.3 Å². The highest BCUT2D eigenvalue weighted by molar-refractivity contribution is 7.88. The van der Waals surface area contributed by atoms with Crippen molar-refractivity contribution in [3.8, 4) is 0 Å². The van der Waals surface area contributed by atoms with Crippen LogP contribution in [0.25, 0.3) is 0 Å². The average molecular weight is 338 g/mol. The molecule has 0 amide bonds. The second kappa shape index (κ2) is 5.89. The maximum atomic E-state index is 12.3. The number of aliphatic carboxylic acids is 1. The fourth-order valence-electron chi connectivity index (χ4n) is 2.24. The Morgan fingerprint density at radius 1 is 1.35 bits per heavy atom. The third kappa shape index (κ3) is 3.25. The Morgan fingerprint density at radius 2 is 2.05 bits per heavy atom. The average Bonchev–Trinajstić information content (AvgIpc) is 2.83. The van der Waals surface area contributed by atoms with Crippen LogP contribution < -0.4 is 0 Å². The SMILES string of the molecule is O=C(O)C1CCCN1S(=O)(=O)Cc1ccc(Cl)c(Cl)c1. The normalized spacial score (nSPS) is 20.2. The first-order valence-electron chi connectivity index (χ1n) is 5.97. The van der Waals surface area contributed by atoms with Gasteiger partial charge in [0.2, 0.25) is 10.0 Å². The molecule has 110 valence electrons. The van der Waals surface area contributed by atoms with Gasteiger partial charge >= 0.3 is 5.97 Å². The summed E-state index contributed by atoms with van der Waals surface area (Å²) in [6.45, 7) is 0.237. The van der Waals surface area contributed by atoms with Crippen molar-refractivity contribution < 1.29 is 18.3 Å². The van der Waals surface area contributed by atoms with Crippen molar-refractivity contribution in [3.63, 3.8) is 0 Å². The van der Waals surface area contributed by atoms with Gasteiger partial charge in [-0.15, -0.1) is 0 Å². The van der Waals surface area contributed by atoms with Crippen molar-refractivity contribution in [1.82, 2.24) is 4.31 Å². The molecule has 1 saturated heterocycles. The molecular formula is C12H13Cl2NO4S. The predicted octanol–water partition coefficient (Wildman–Crippen LogP) is 2.37. The smallest absolute Gasteiger partial charge is 0.322 e. The van der Waals surface area contributed by atoms with Gasteiger partial charge in [-0.05, 0) is 30.5 Å². The summed E-state index contributed by atoms with van der Waals surface area (Å²) in [7, 11) is -3.69. The number of benzene rings is 1. The van der Waals surface area contributed by atoms with E-state index in [9.17, 15) is 13.2 Å². The highest BCUT2D eigenvalue weighted by Gasteiger charge is 2.38. The Morgan fingerprint density at radius 3 is 2.65 bits per heavy atom. The molecule has 0 aromatic heterocycles. The lowest BCUT2D eigenvalue weighted by atomic mass is 10.2. The number of hydrogen-bond acceptors (Lipinski definition) is 3. The molecule has 0 spiro atoms. The highest BCUT2D eigenvalue weighted by atomic mass is 35.5. The van der Waals surface area contributed by atoms with E-state index in [0.717, 1.165) is 4.31 Å². The van der Waals surface area contributed by atoms with Gasteiger partial charge in [-0.3, -0.25) is 4.79 Å². The van der Waals surface area contributed by atoms with Crippen molar-refractivity contribution >= 4 is 39.2 Å². The van der Waals surface area contributed by atoms with Crippen LogP contribution in [-0.4, -0.2) is 36.4 Å². The summed E-state index contributed by atoms with van der Waals surface area (Å²) in [5, 5.41) is 9.67. The number of carboxylic acid groups (broad SMARTS) is 1. The van der Waals surface area contributed by atoms with E-state index < -0.39 is 22.0 Å². The molecule has 1 atom stereocenters. The number of nitrogens with zero attached hydrogens (tertiary/aromatic N) is 1. The monoisotopic (exact) mass is 337 g/mol. The molecule has 1 aliphatic heterocycles. The molecule has 1 aliphatic rings. The number of carbonyl (C=O) groups is 1. The topological polar surface area (TPSA) is 74.7 Å². The van der Waals surface area contributed by atoms with Gasteiger partial charge in [0.05, 0.1) is 15.8 Å². The first-order valence-corrected chi connectivity index (χ1v) is 8.34. The van der Waals surface area contributed by atoms with E-state index in [1.807, 2.05) is 0 Å². The number of carboxylic acids is 1. The molecule has 20 heavy (non-hydrogen) atoms. The van der Waals surface area contributed by atoms with Gasteiger partial charge in [0.1, 0.15) is 6.04 Å². The van der Waals surface area contributed by atoms with Crippen molar-refractivity contribution in [1.29, 1.82) is 0 Å². The van der Waals surface area contributed by atoms with Crippen molar-refractivity contribution in [3.05, 3.63) is 33.8 Å². The molecule has 2 rings (SSSR count). The summed E-state index contributed by atoms with van der Waals surface area (Å²) >= 11 is 11.6. The molecule has 1 aromatic carbocycles. The highest BCUT2D eigenvalue weighted by Crippen LogP contribution is 2.27. The van der Waals surface area contributed by atoms with Crippen LogP contribution in [0.15, 0.2) is 18.2 Å². The maximum Gasteiger partial charge on any atom is 0.322 e. The Labute approximate surface area is 127 Å². The zero-order valence-electron chi connectivity index (χ0n) is 10.4. The molecule has 0 saturated carbocycles. The Hall–Kier alpha value is -0.820. The lowest BCUT2D eigenvalue weighted by Gasteiger charge is -2.21. The number of halogens is 2. The fourth-order valence-corrected chi connectivity index (χ4v) is 4.32. The summed E-state index contributed by atoms with van der Waals surface area (Å²) in [6.07, 6.45) is 0.896. The molecule has 5 nitrogen and oxygen atoms in total. The molecule has 1 N–H and O–H groups in total. The quantitative estimate of drug-likeness (QED) is 0.915. The van der Waals surface area contributed by atoms with Crippen molar-refractivity contribution in [2.45, 2.75) is 24.6 Å². The van der Waals surface area contributed by atoms with Crippen LogP contribution in [0.3, 0.4) is 0 Å². The summed E-state index contributed by atoms with van der Waals surface area (Å²) in [6, 6.07) is 3.60. The van der Waals surface area contributed by atoms with Gasteiger partial charge < -0.3 is 5.11 Å². The van der Waals surface area contributed by atoms with Gasteiger partial charge in [-0.25, -0.2) is 8.42 Å². The fraction of sp³-hybridized carbons (Fsp3) is 0.417. The van der Waals surface area contributed by atoms with E-state index in [2.05, 4.69) is 0 Å². The number of sulfonamides is 1. The van der Waals surface area contributed by atoms with E-state index in [1.165, 1.54) is 12.1 Å². The largest absolute Gasteiger partial charge is 0.480 e. The van der Waals surface area contributed by atoms with Gasteiger partial charge in [-0.2, -0.15) is 4.31 Å². The summed E-state index contributed by atoms with van der Waals surface area (Å²) in [5.41, 5.74) is 0.482. The zero-order valence-corrected chi connectivity index (χ0v) is 12.7. The van der Waals surface area contributed by atoms with E-state index in [-0.39, 0.29) is 17.3 Å². The lowest BCUT2D eigenvalue weighted by Crippen LogP contribution is -2.40. The van der Waals surface area contributed by atoms with Gasteiger partial charge in [0.25, 0.3) is 0 Å². The molecule has 1 unspecified atom stereocenters. The first kappa shape index (κ1) is 15.6. The van der Waals surface area contributed by atoms with E-state index in [0.29, 0.717) is 23.4 Å². The molecule has 1 fully saturated rings. The van der Waals surface area contributed by atoms with Crippen LogP contribution in [0.4, 0.5) is 0 Å².